The third-order valence-corrected chi connectivity index (χ3v) is 3.56. The Hall–Kier alpha value is -0.610. The van der Waals surface area contributed by atoms with Crippen LogP contribution >= 0.6 is 0 Å². The van der Waals surface area contributed by atoms with Crippen LogP contribution in [0.15, 0.2) is 0 Å². The Kier molecular flexibility index (Phi) is 5.40. The number of carboxylic acids is 1. The van der Waals surface area contributed by atoms with Crippen molar-refractivity contribution in [2.24, 2.45) is 11.7 Å². The summed E-state index contributed by atoms with van der Waals surface area (Å²) in [7, 11) is 0. The second-order valence-electron chi connectivity index (χ2n) is 5.41. The van der Waals surface area contributed by atoms with Crippen LogP contribution in [0.2, 0.25) is 0 Å². The number of ether oxygens (including phenoxy) is 1. The summed E-state index contributed by atoms with van der Waals surface area (Å²) in [4.78, 5) is 11.1. The first-order valence-corrected chi connectivity index (χ1v) is 6.62. The van der Waals surface area contributed by atoms with E-state index in [1.54, 1.807) is 0 Å². The van der Waals surface area contributed by atoms with Crippen LogP contribution in [0.5, 0.6) is 0 Å². The SMILES string of the molecule is CCCC(C)COC1CCCC(N)(C(=O)O)C1. The van der Waals surface area contributed by atoms with Crippen molar-refractivity contribution in [1.82, 2.24) is 0 Å². The summed E-state index contributed by atoms with van der Waals surface area (Å²) in [5, 5.41) is 9.10. The van der Waals surface area contributed by atoms with Gasteiger partial charge in [-0.25, -0.2) is 0 Å². The third-order valence-electron chi connectivity index (χ3n) is 3.56. The molecule has 0 heterocycles. The number of nitrogens with two attached hydrogens (primary N) is 1. The van der Waals surface area contributed by atoms with E-state index >= 15 is 0 Å². The molecule has 0 aromatic carbocycles. The summed E-state index contributed by atoms with van der Waals surface area (Å²) < 4.78 is 5.80. The summed E-state index contributed by atoms with van der Waals surface area (Å²) in [6, 6.07) is 0. The van der Waals surface area contributed by atoms with Gasteiger partial charge in [0.05, 0.1) is 6.10 Å². The summed E-state index contributed by atoms with van der Waals surface area (Å²) in [6.07, 6.45) is 5.11. The Morgan fingerprint density at radius 2 is 2.35 bits per heavy atom. The maximum absolute atomic E-state index is 11.1. The van der Waals surface area contributed by atoms with Gasteiger partial charge in [-0.1, -0.05) is 20.3 Å². The summed E-state index contributed by atoms with van der Waals surface area (Å²) in [6.45, 7) is 5.04. The molecule has 1 fully saturated rings. The summed E-state index contributed by atoms with van der Waals surface area (Å²) in [5.74, 6) is -0.355. The van der Waals surface area contributed by atoms with Crippen molar-refractivity contribution in [3.8, 4) is 0 Å². The lowest BCUT2D eigenvalue weighted by molar-refractivity contribution is -0.147. The van der Waals surface area contributed by atoms with Gasteiger partial charge in [-0.3, -0.25) is 4.79 Å². The van der Waals surface area contributed by atoms with Crippen molar-refractivity contribution in [3.63, 3.8) is 0 Å². The quantitative estimate of drug-likeness (QED) is 0.750. The second-order valence-corrected chi connectivity index (χ2v) is 5.41. The molecular weight excluding hydrogens is 218 g/mol. The van der Waals surface area contributed by atoms with Crippen LogP contribution in [0.1, 0.15) is 52.4 Å². The minimum Gasteiger partial charge on any atom is -0.480 e. The molecule has 3 atom stereocenters. The number of carbonyl (C=O) groups is 1. The molecule has 3 unspecified atom stereocenters. The molecule has 1 saturated carbocycles. The first kappa shape index (κ1) is 14.5. The molecule has 4 nitrogen and oxygen atoms in total. The van der Waals surface area contributed by atoms with Crippen LogP contribution in [-0.4, -0.2) is 29.3 Å². The Labute approximate surface area is 104 Å². The maximum Gasteiger partial charge on any atom is 0.323 e. The molecule has 0 amide bonds. The fourth-order valence-corrected chi connectivity index (χ4v) is 2.47. The van der Waals surface area contributed by atoms with E-state index in [0.29, 0.717) is 25.4 Å². The molecule has 0 radical (unpaired) electrons. The first-order valence-electron chi connectivity index (χ1n) is 6.62. The van der Waals surface area contributed by atoms with Gasteiger partial charge in [0, 0.05) is 13.0 Å². The van der Waals surface area contributed by atoms with Gasteiger partial charge in [-0.05, 0) is 31.6 Å². The fraction of sp³-hybridized carbons (Fsp3) is 0.923. The molecule has 3 N–H and O–H groups in total. The smallest absolute Gasteiger partial charge is 0.323 e. The normalized spacial score (nSPS) is 31.1. The van der Waals surface area contributed by atoms with Crippen molar-refractivity contribution in [2.45, 2.75) is 64.0 Å². The molecule has 0 saturated heterocycles. The van der Waals surface area contributed by atoms with Crippen molar-refractivity contribution in [1.29, 1.82) is 0 Å². The zero-order valence-electron chi connectivity index (χ0n) is 10.9. The Morgan fingerprint density at radius 3 is 2.94 bits per heavy atom. The standard InChI is InChI=1S/C13H25NO3/c1-3-5-10(2)9-17-11-6-4-7-13(14,8-11)12(15)16/h10-11H,3-9,14H2,1-2H3,(H,15,16). The molecule has 0 spiro atoms. The maximum atomic E-state index is 11.1. The summed E-state index contributed by atoms with van der Waals surface area (Å²) >= 11 is 0. The van der Waals surface area contributed by atoms with E-state index in [4.69, 9.17) is 15.6 Å². The van der Waals surface area contributed by atoms with Gasteiger partial charge in [0.1, 0.15) is 5.54 Å². The van der Waals surface area contributed by atoms with Gasteiger partial charge >= 0.3 is 5.97 Å². The van der Waals surface area contributed by atoms with Gasteiger partial charge in [0.25, 0.3) is 0 Å². The highest BCUT2D eigenvalue weighted by atomic mass is 16.5. The molecule has 0 aromatic heterocycles. The van der Waals surface area contributed by atoms with Crippen LogP contribution in [-0.2, 0) is 9.53 Å². The molecule has 0 aromatic rings. The zero-order chi connectivity index (χ0) is 12.9. The molecule has 4 heteroatoms. The largest absolute Gasteiger partial charge is 0.480 e. The highest BCUT2D eigenvalue weighted by Crippen LogP contribution is 2.29. The van der Waals surface area contributed by atoms with Gasteiger partial charge < -0.3 is 15.6 Å². The minimum atomic E-state index is -1.07. The molecular formula is C13H25NO3. The van der Waals surface area contributed by atoms with Gasteiger partial charge in [0.2, 0.25) is 0 Å². The lowest BCUT2D eigenvalue weighted by Crippen LogP contribution is -2.52. The van der Waals surface area contributed by atoms with Crippen molar-refractivity contribution >= 4 is 5.97 Å². The van der Waals surface area contributed by atoms with E-state index in [-0.39, 0.29) is 6.10 Å². The predicted molar refractivity (Wildman–Crippen MR) is 66.8 cm³/mol. The highest BCUT2D eigenvalue weighted by molar-refractivity contribution is 5.78. The fourth-order valence-electron chi connectivity index (χ4n) is 2.47. The zero-order valence-corrected chi connectivity index (χ0v) is 10.9. The number of carboxylic acid groups (broad SMARTS) is 1. The average Bonchev–Trinajstić information content (AvgIpc) is 2.27. The molecule has 1 aliphatic carbocycles. The first-order chi connectivity index (χ1) is 7.98. The Bertz CT molecular complexity index is 257. The van der Waals surface area contributed by atoms with Crippen molar-refractivity contribution in [3.05, 3.63) is 0 Å². The number of hydrogen-bond acceptors (Lipinski definition) is 3. The van der Waals surface area contributed by atoms with E-state index in [2.05, 4.69) is 13.8 Å². The van der Waals surface area contributed by atoms with E-state index in [1.807, 2.05) is 0 Å². The van der Waals surface area contributed by atoms with E-state index < -0.39 is 11.5 Å². The Morgan fingerprint density at radius 1 is 1.65 bits per heavy atom. The second kappa shape index (κ2) is 6.36. The molecule has 1 aliphatic rings. The topological polar surface area (TPSA) is 72.5 Å². The van der Waals surface area contributed by atoms with E-state index in [9.17, 15) is 4.79 Å². The van der Waals surface area contributed by atoms with Gasteiger partial charge in [-0.2, -0.15) is 0 Å². The molecule has 1 rings (SSSR count). The van der Waals surface area contributed by atoms with Crippen LogP contribution in [0.4, 0.5) is 0 Å². The van der Waals surface area contributed by atoms with Crippen LogP contribution in [0.25, 0.3) is 0 Å². The van der Waals surface area contributed by atoms with E-state index in [0.717, 1.165) is 25.7 Å². The van der Waals surface area contributed by atoms with Gasteiger partial charge in [0.15, 0.2) is 0 Å². The number of rotatable bonds is 6. The molecule has 0 bridgehead atoms. The van der Waals surface area contributed by atoms with Crippen LogP contribution in [0, 0.1) is 5.92 Å². The third kappa shape index (κ3) is 4.28. The van der Waals surface area contributed by atoms with Crippen LogP contribution in [0.3, 0.4) is 0 Å². The lowest BCUT2D eigenvalue weighted by Gasteiger charge is -2.34. The molecule has 0 aliphatic heterocycles. The average molecular weight is 243 g/mol. The molecule has 17 heavy (non-hydrogen) atoms. The number of aliphatic carboxylic acids is 1. The Balaban J connectivity index is 2.37. The highest BCUT2D eigenvalue weighted by Gasteiger charge is 2.39. The van der Waals surface area contributed by atoms with Gasteiger partial charge in [-0.15, -0.1) is 0 Å². The summed E-state index contributed by atoms with van der Waals surface area (Å²) in [5.41, 5.74) is 4.81. The lowest BCUT2D eigenvalue weighted by atomic mass is 9.81. The molecule has 100 valence electrons. The van der Waals surface area contributed by atoms with Crippen molar-refractivity contribution in [2.75, 3.05) is 6.61 Å². The van der Waals surface area contributed by atoms with Crippen molar-refractivity contribution < 1.29 is 14.6 Å². The minimum absolute atomic E-state index is 0.0177. The predicted octanol–water partition coefficient (Wildman–Crippen LogP) is 2.16. The monoisotopic (exact) mass is 243 g/mol. The van der Waals surface area contributed by atoms with E-state index in [1.165, 1.54) is 0 Å². The number of hydrogen-bond donors (Lipinski definition) is 2. The van der Waals surface area contributed by atoms with Crippen LogP contribution < -0.4 is 5.73 Å².